The van der Waals surface area contributed by atoms with Gasteiger partial charge in [-0.3, -0.25) is 0 Å². The van der Waals surface area contributed by atoms with Crippen LogP contribution in [0.5, 0.6) is 0 Å². The minimum absolute atomic E-state index is 0.278. The lowest BCUT2D eigenvalue weighted by molar-refractivity contribution is 0.660. The van der Waals surface area contributed by atoms with Crippen LogP contribution in [0.15, 0.2) is 309 Å². The molecule has 0 saturated carbocycles. The maximum absolute atomic E-state index is 2.44. The highest BCUT2D eigenvalue weighted by molar-refractivity contribution is 6.25. The smallest absolute Gasteiger partial charge is 0.0541 e. The van der Waals surface area contributed by atoms with E-state index in [1.165, 1.54) is 115 Å². The molecule has 3 nitrogen and oxygen atoms in total. The van der Waals surface area contributed by atoms with E-state index in [0.717, 1.165) is 34.1 Å². The zero-order valence-electron chi connectivity index (χ0n) is 46.8. The lowest BCUT2D eigenvalue weighted by Crippen LogP contribution is -2.17. The summed E-state index contributed by atoms with van der Waals surface area (Å²) in [7, 11) is 0. The van der Waals surface area contributed by atoms with E-state index in [2.05, 4.69) is 338 Å². The van der Waals surface area contributed by atoms with E-state index in [0.29, 0.717) is 0 Å². The zero-order chi connectivity index (χ0) is 55.9. The van der Waals surface area contributed by atoms with Gasteiger partial charge in [-0.05, 0) is 197 Å². The van der Waals surface area contributed by atoms with Crippen molar-refractivity contribution in [2.24, 2.45) is 0 Å². The number of anilines is 6. The van der Waals surface area contributed by atoms with E-state index in [-0.39, 0.29) is 5.41 Å². The van der Waals surface area contributed by atoms with E-state index in [1.54, 1.807) is 0 Å². The third-order valence-electron chi connectivity index (χ3n) is 17.8. The second-order valence-corrected chi connectivity index (χ2v) is 22.9. The fourth-order valence-electron chi connectivity index (χ4n) is 13.6. The molecule has 0 bridgehead atoms. The summed E-state index contributed by atoms with van der Waals surface area (Å²) in [5.74, 6) is 0. The lowest BCUT2D eigenvalue weighted by Gasteiger charge is -2.29. The quantitative estimate of drug-likeness (QED) is 0.126. The summed E-state index contributed by atoms with van der Waals surface area (Å²) in [5.41, 5.74) is 22.3. The van der Waals surface area contributed by atoms with Gasteiger partial charge < -0.3 is 14.4 Å². The molecule has 0 atom stereocenters. The molecule has 0 aliphatic heterocycles. The van der Waals surface area contributed by atoms with E-state index in [9.17, 15) is 0 Å². The van der Waals surface area contributed by atoms with E-state index in [1.807, 2.05) is 0 Å². The first-order valence-electron chi connectivity index (χ1n) is 29.1. The predicted octanol–water partition coefficient (Wildman–Crippen LogP) is 22.5. The Morgan fingerprint density at radius 1 is 0.238 bits per heavy atom. The summed E-state index contributed by atoms with van der Waals surface area (Å²) in [4.78, 5) is 4.79. The Morgan fingerprint density at radius 2 is 0.571 bits per heavy atom. The Morgan fingerprint density at radius 3 is 1.07 bits per heavy atom. The van der Waals surface area contributed by atoms with Gasteiger partial charge in [0.25, 0.3) is 0 Å². The Hall–Kier alpha value is -10.7. The highest BCUT2D eigenvalue weighted by Gasteiger charge is 2.37. The number of para-hydroxylation sites is 4. The maximum Gasteiger partial charge on any atom is 0.0541 e. The summed E-state index contributed by atoms with van der Waals surface area (Å²) in [6, 6.07) is 114. The SMILES string of the molecule is CC1(C)c2cc(N(c3ccccc3)c3ccccc3)ccc2-c2ccc(N(c3ccc(-c4ccc(-c5ccc6c(c5)c5ccccc5n6-c5ccccc5)cc4)cc3)c3ccc(-c4ccc5c6ccccc6c6ccccc6c5c4)cc3)cc21. The van der Waals surface area contributed by atoms with Crippen molar-refractivity contribution in [3.63, 3.8) is 0 Å². The van der Waals surface area contributed by atoms with E-state index >= 15 is 0 Å². The summed E-state index contributed by atoms with van der Waals surface area (Å²) in [5, 5.41) is 10.2. The Kier molecular flexibility index (Phi) is 11.6. The van der Waals surface area contributed by atoms with Gasteiger partial charge in [-0.2, -0.15) is 0 Å². The maximum atomic E-state index is 2.44. The molecule has 1 aromatic heterocycles. The number of rotatable bonds is 10. The largest absolute Gasteiger partial charge is 0.310 e. The van der Waals surface area contributed by atoms with Crippen molar-refractivity contribution >= 4 is 88.2 Å². The van der Waals surface area contributed by atoms with Crippen LogP contribution in [0.1, 0.15) is 25.0 Å². The van der Waals surface area contributed by atoms with E-state index in [4.69, 9.17) is 0 Å². The summed E-state index contributed by atoms with van der Waals surface area (Å²) >= 11 is 0. The van der Waals surface area contributed by atoms with Crippen LogP contribution in [0.3, 0.4) is 0 Å². The van der Waals surface area contributed by atoms with Crippen LogP contribution in [0.2, 0.25) is 0 Å². The van der Waals surface area contributed by atoms with Gasteiger partial charge >= 0.3 is 0 Å². The standard InChI is InChI=1S/C81H57N3/c1-81(2)77-52-65(82(60-18-6-3-7-19-60)61-20-8-4-9-21-61)44-47-72(77)73-48-45-66(53-78(73)81)83(64-42-36-57(37-43-64)58-38-46-71-69-26-13-12-24-67(69)68-25-14-15-27-70(68)75(71)50-58)63-40-34-55(35-41-63)54-30-32-56(33-31-54)59-39-49-80-76(51-59)74-28-16-17-29-79(74)84(80)62-22-10-5-11-23-62/h3-53H,1-2H3. The Bertz CT molecular complexity index is 4930. The van der Waals surface area contributed by atoms with Crippen LogP contribution < -0.4 is 9.80 Å². The fourth-order valence-corrected chi connectivity index (χ4v) is 13.6. The topological polar surface area (TPSA) is 11.4 Å². The van der Waals surface area contributed by atoms with Gasteiger partial charge in [-0.15, -0.1) is 0 Å². The molecule has 16 rings (SSSR count). The van der Waals surface area contributed by atoms with Crippen molar-refractivity contribution in [3.05, 3.63) is 321 Å². The molecule has 1 aliphatic carbocycles. The molecule has 1 aliphatic rings. The van der Waals surface area contributed by atoms with Gasteiger partial charge in [0, 0.05) is 56.0 Å². The molecule has 0 unspecified atom stereocenters. The highest BCUT2D eigenvalue weighted by Crippen LogP contribution is 2.53. The molecule has 0 fully saturated rings. The minimum Gasteiger partial charge on any atom is -0.310 e. The molecule has 0 saturated heterocycles. The first kappa shape index (κ1) is 49.1. The van der Waals surface area contributed by atoms with Crippen molar-refractivity contribution in [3.8, 4) is 50.2 Å². The van der Waals surface area contributed by atoms with E-state index < -0.39 is 0 Å². The molecule has 0 N–H and O–H groups in total. The molecule has 0 spiro atoms. The molecule has 0 amide bonds. The third kappa shape index (κ3) is 8.11. The normalized spacial score (nSPS) is 12.5. The molecule has 396 valence electrons. The van der Waals surface area contributed by atoms with Crippen LogP contribution >= 0.6 is 0 Å². The highest BCUT2D eigenvalue weighted by atomic mass is 15.1. The zero-order valence-corrected chi connectivity index (χ0v) is 46.8. The molecule has 84 heavy (non-hydrogen) atoms. The predicted molar refractivity (Wildman–Crippen MR) is 357 cm³/mol. The summed E-state index contributed by atoms with van der Waals surface area (Å²) in [6.45, 7) is 4.77. The van der Waals surface area contributed by atoms with Crippen molar-refractivity contribution < 1.29 is 0 Å². The van der Waals surface area contributed by atoms with Gasteiger partial charge in [0.15, 0.2) is 0 Å². The van der Waals surface area contributed by atoms with Crippen LogP contribution in [0, 0.1) is 0 Å². The first-order chi connectivity index (χ1) is 41.4. The van der Waals surface area contributed by atoms with Crippen molar-refractivity contribution in [1.29, 1.82) is 0 Å². The van der Waals surface area contributed by atoms with Crippen molar-refractivity contribution in [2.75, 3.05) is 9.80 Å². The second kappa shape index (κ2) is 19.8. The third-order valence-corrected chi connectivity index (χ3v) is 17.8. The number of fused-ring (bicyclic) bond motifs is 12. The summed E-state index contributed by atoms with van der Waals surface area (Å²) < 4.78 is 2.37. The first-order valence-corrected chi connectivity index (χ1v) is 29.1. The molecule has 14 aromatic carbocycles. The van der Waals surface area contributed by atoms with Crippen LogP contribution in [-0.2, 0) is 5.41 Å². The molecular formula is C81H57N3. The molecule has 15 aromatic rings. The number of hydrogen-bond donors (Lipinski definition) is 0. The Labute approximate surface area is 489 Å². The lowest BCUT2D eigenvalue weighted by atomic mass is 9.82. The van der Waals surface area contributed by atoms with Gasteiger partial charge in [-0.1, -0.05) is 214 Å². The molecule has 1 heterocycles. The number of hydrogen-bond acceptors (Lipinski definition) is 2. The van der Waals surface area contributed by atoms with Crippen LogP contribution in [-0.4, -0.2) is 4.57 Å². The van der Waals surface area contributed by atoms with Gasteiger partial charge in [0.05, 0.1) is 11.0 Å². The number of nitrogens with zero attached hydrogens (tertiary/aromatic N) is 3. The van der Waals surface area contributed by atoms with Crippen LogP contribution in [0.4, 0.5) is 34.1 Å². The molecule has 3 heteroatoms. The minimum atomic E-state index is -0.278. The number of aromatic nitrogens is 1. The van der Waals surface area contributed by atoms with Gasteiger partial charge in [0.1, 0.15) is 0 Å². The Balaban J connectivity index is 0.761. The number of benzene rings is 14. The fraction of sp³-hybridized carbons (Fsp3) is 0.0370. The molecule has 0 radical (unpaired) electrons. The van der Waals surface area contributed by atoms with Crippen molar-refractivity contribution in [2.45, 2.75) is 19.3 Å². The van der Waals surface area contributed by atoms with Gasteiger partial charge in [0.2, 0.25) is 0 Å². The summed E-state index contributed by atoms with van der Waals surface area (Å²) in [6.07, 6.45) is 0. The van der Waals surface area contributed by atoms with Crippen LogP contribution in [0.25, 0.3) is 104 Å². The second-order valence-electron chi connectivity index (χ2n) is 22.9. The van der Waals surface area contributed by atoms with Crippen molar-refractivity contribution in [1.82, 2.24) is 4.57 Å². The average Bonchev–Trinajstić information content (AvgIpc) is 3.08. The monoisotopic (exact) mass is 1070 g/mol. The average molecular weight is 1070 g/mol. The van der Waals surface area contributed by atoms with Gasteiger partial charge in [-0.25, -0.2) is 0 Å². The molecular weight excluding hydrogens is 1010 g/mol.